The number of rotatable bonds is 5. The van der Waals surface area contributed by atoms with Gasteiger partial charge in [-0.3, -0.25) is 0 Å². The minimum absolute atomic E-state index is 0.0601. The third-order valence-electron chi connectivity index (χ3n) is 7.07. The first-order valence-corrected chi connectivity index (χ1v) is 13.6. The fourth-order valence-corrected chi connectivity index (χ4v) is 6.29. The number of halogens is 1. The van der Waals surface area contributed by atoms with E-state index in [1.807, 2.05) is 36.4 Å². The number of ether oxygens (including phenoxy) is 2. The molecule has 3 aromatic rings. The summed E-state index contributed by atoms with van der Waals surface area (Å²) in [4.78, 5) is 7.66. The molecular weight excluding hydrogens is 500 g/mol. The fraction of sp³-hybridized carbons (Fsp3) is 0.194. The van der Waals surface area contributed by atoms with Crippen LogP contribution in [0.2, 0.25) is 5.02 Å². The van der Waals surface area contributed by atoms with Crippen LogP contribution in [-0.2, 0) is 0 Å². The van der Waals surface area contributed by atoms with Crippen molar-refractivity contribution >= 4 is 40.3 Å². The third kappa shape index (κ3) is 4.58. The lowest BCUT2D eigenvalue weighted by atomic mass is 9.82. The molecule has 0 amide bonds. The summed E-state index contributed by atoms with van der Waals surface area (Å²) in [6.07, 6.45) is 5.40. The zero-order valence-corrected chi connectivity index (χ0v) is 22.4. The summed E-state index contributed by atoms with van der Waals surface area (Å²) in [5.74, 6) is 1.72. The lowest BCUT2D eigenvalue weighted by molar-refractivity contribution is 0.413. The van der Waals surface area contributed by atoms with Gasteiger partial charge in [0.15, 0.2) is 5.17 Å². The molecule has 6 heteroatoms. The van der Waals surface area contributed by atoms with Crippen LogP contribution in [0.3, 0.4) is 0 Å². The Kier molecular flexibility index (Phi) is 6.58. The van der Waals surface area contributed by atoms with Crippen molar-refractivity contribution in [3.63, 3.8) is 0 Å². The molecule has 1 aliphatic carbocycles. The highest BCUT2D eigenvalue weighted by atomic mass is 35.5. The highest BCUT2D eigenvalue weighted by Crippen LogP contribution is 2.51. The van der Waals surface area contributed by atoms with E-state index in [-0.39, 0.29) is 6.04 Å². The Hall–Kier alpha value is -3.41. The number of hydrogen-bond acceptors (Lipinski definition) is 5. The second-order valence-electron chi connectivity index (χ2n) is 9.24. The van der Waals surface area contributed by atoms with E-state index >= 15 is 0 Å². The first-order chi connectivity index (χ1) is 18.1. The lowest BCUT2D eigenvalue weighted by Crippen LogP contribution is -2.34. The van der Waals surface area contributed by atoms with Crippen molar-refractivity contribution in [2.24, 2.45) is 4.99 Å². The maximum atomic E-state index is 6.20. The van der Waals surface area contributed by atoms with E-state index in [4.69, 9.17) is 26.1 Å². The highest BCUT2D eigenvalue weighted by molar-refractivity contribution is 8.16. The van der Waals surface area contributed by atoms with Gasteiger partial charge in [-0.2, -0.15) is 0 Å². The molecule has 37 heavy (non-hydrogen) atoms. The molecule has 0 bridgehead atoms. The van der Waals surface area contributed by atoms with Gasteiger partial charge in [-0.05, 0) is 89.6 Å². The molecule has 0 radical (unpaired) electrons. The van der Waals surface area contributed by atoms with Crippen molar-refractivity contribution in [2.75, 3.05) is 14.2 Å². The number of allylic oxidation sites excluding steroid dienone is 1. The van der Waals surface area contributed by atoms with Crippen molar-refractivity contribution in [1.82, 2.24) is 4.90 Å². The molecule has 2 aliphatic heterocycles. The van der Waals surface area contributed by atoms with Crippen LogP contribution in [0.5, 0.6) is 11.5 Å². The van der Waals surface area contributed by atoms with Crippen molar-refractivity contribution < 1.29 is 9.47 Å². The topological polar surface area (TPSA) is 34.1 Å². The second kappa shape index (κ2) is 10.2. The molecule has 0 unspecified atom stereocenters. The van der Waals surface area contributed by atoms with Crippen LogP contribution in [-0.4, -0.2) is 24.3 Å². The Morgan fingerprint density at radius 2 is 1.57 bits per heavy atom. The van der Waals surface area contributed by atoms with Gasteiger partial charge in [0.1, 0.15) is 11.5 Å². The van der Waals surface area contributed by atoms with E-state index in [1.165, 1.54) is 16.7 Å². The molecule has 3 aromatic carbocycles. The maximum Gasteiger partial charge on any atom is 0.174 e. The summed E-state index contributed by atoms with van der Waals surface area (Å²) in [7, 11) is 3.40. The summed E-state index contributed by atoms with van der Waals surface area (Å²) in [6.45, 7) is 0. The maximum absolute atomic E-state index is 6.20. The van der Waals surface area contributed by atoms with Gasteiger partial charge >= 0.3 is 0 Å². The Morgan fingerprint density at radius 1 is 0.892 bits per heavy atom. The largest absolute Gasteiger partial charge is 0.497 e. The van der Waals surface area contributed by atoms with Gasteiger partial charge in [-0.1, -0.05) is 59.8 Å². The Labute approximate surface area is 227 Å². The highest BCUT2D eigenvalue weighted by Gasteiger charge is 2.40. The van der Waals surface area contributed by atoms with Gasteiger partial charge in [0.25, 0.3) is 0 Å². The SMILES string of the molecule is COc1ccc(/C=C2\CCCC3=C2N=C2SC=C(c4ccc(Cl)cc4)N2[C@@H]3c2ccc(OC)cc2)cc1. The number of methoxy groups -OCH3 is 2. The normalized spacial score (nSPS) is 19.8. The van der Waals surface area contributed by atoms with Crippen molar-refractivity contribution in [3.8, 4) is 11.5 Å². The quantitative estimate of drug-likeness (QED) is 0.334. The Balaban J connectivity index is 1.46. The van der Waals surface area contributed by atoms with Crippen LogP contribution in [0.4, 0.5) is 0 Å². The van der Waals surface area contributed by atoms with Crippen LogP contribution in [0, 0.1) is 0 Å². The summed E-state index contributed by atoms with van der Waals surface area (Å²) in [5.41, 5.74) is 8.46. The third-order valence-corrected chi connectivity index (χ3v) is 8.16. The van der Waals surface area contributed by atoms with Crippen molar-refractivity contribution in [3.05, 3.63) is 117 Å². The van der Waals surface area contributed by atoms with Crippen LogP contribution in [0.15, 0.2) is 100 Å². The zero-order valence-electron chi connectivity index (χ0n) is 20.8. The first-order valence-electron chi connectivity index (χ1n) is 12.4. The number of amidine groups is 1. The molecule has 6 rings (SSSR count). The van der Waals surface area contributed by atoms with Crippen molar-refractivity contribution in [2.45, 2.75) is 25.3 Å². The predicted octanol–water partition coefficient (Wildman–Crippen LogP) is 8.34. The molecule has 2 heterocycles. The average Bonchev–Trinajstić information content (AvgIpc) is 3.36. The Bertz CT molecular complexity index is 1440. The van der Waals surface area contributed by atoms with E-state index in [1.54, 1.807) is 26.0 Å². The molecule has 0 fully saturated rings. The van der Waals surface area contributed by atoms with Crippen LogP contribution in [0.25, 0.3) is 11.8 Å². The van der Waals surface area contributed by atoms with Crippen LogP contribution >= 0.6 is 23.4 Å². The molecule has 0 aromatic heterocycles. The summed E-state index contributed by atoms with van der Waals surface area (Å²) in [5, 5.41) is 3.95. The molecule has 1 atom stereocenters. The molecule has 0 spiro atoms. The summed E-state index contributed by atoms with van der Waals surface area (Å²) < 4.78 is 10.8. The number of thioether (sulfide) groups is 1. The fourth-order valence-electron chi connectivity index (χ4n) is 5.23. The Morgan fingerprint density at radius 3 is 2.24 bits per heavy atom. The van der Waals surface area contributed by atoms with Gasteiger partial charge in [0.2, 0.25) is 0 Å². The van der Waals surface area contributed by atoms with E-state index in [0.717, 1.165) is 63.5 Å². The van der Waals surface area contributed by atoms with E-state index < -0.39 is 0 Å². The molecule has 3 aliphatic rings. The van der Waals surface area contributed by atoms with Gasteiger partial charge < -0.3 is 14.4 Å². The smallest absolute Gasteiger partial charge is 0.174 e. The van der Waals surface area contributed by atoms with Gasteiger partial charge in [0.05, 0.1) is 31.7 Å². The number of aliphatic imine (C=N–C) groups is 1. The van der Waals surface area contributed by atoms with E-state index in [2.05, 4.69) is 52.8 Å². The number of benzene rings is 3. The monoisotopic (exact) mass is 526 g/mol. The van der Waals surface area contributed by atoms with Crippen LogP contribution in [0.1, 0.15) is 42.0 Å². The number of nitrogens with zero attached hydrogens (tertiary/aromatic N) is 2. The van der Waals surface area contributed by atoms with Gasteiger partial charge in [-0.25, -0.2) is 4.99 Å². The molecular formula is C31H27ClN2O2S. The number of hydrogen-bond donors (Lipinski definition) is 0. The molecule has 0 N–H and O–H groups in total. The lowest BCUT2D eigenvalue weighted by Gasteiger charge is -2.40. The van der Waals surface area contributed by atoms with E-state index in [9.17, 15) is 0 Å². The minimum Gasteiger partial charge on any atom is -0.497 e. The second-order valence-corrected chi connectivity index (χ2v) is 10.5. The van der Waals surface area contributed by atoms with E-state index in [0.29, 0.717) is 0 Å². The average molecular weight is 527 g/mol. The summed E-state index contributed by atoms with van der Waals surface area (Å²) >= 11 is 7.89. The predicted molar refractivity (Wildman–Crippen MR) is 154 cm³/mol. The molecule has 186 valence electrons. The van der Waals surface area contributed by atoms with Gasteiger partial charge in [-0.15, -0.1) is 0 Å². The zero-order chi connectivity index (χ0) is 25.4. The molecule has 4 nitrogen and oxygen atoms in total. The minimum atomic E-state index is 0.0601. The van der Waals surface area contributed by atoms with Crippen LogP contribution < -0.4 is 9.47 Å². The van der Waals surface area contributed by atoms with Gasteiger partial charge in [0, 0.05) is 10.4 Å². The van der Waals surface area contributed by atoms with Crippen molar-refractivity contribution in [1.29, 1.82) is 0 Å². The standard InChI is InChI=1S/C31H27ClN2O2S/c1-35-25-14-6-20(7-15-25)18-23-4-3-5-27-29(23)33-31-34(30(27)22-10-16-26(36-2)17-11-22)28(19-37-31)21-8-12-24(32)13-9-21/h6-19,30H,3-5H2,1-2H3/b23-18+/t30-/m1/s1. The summed E-state index contributed by atoms with van der Waals surface area (Å²) in [6, 6.07) is 24.8. The molecule has 0 saturated heterocycles. The molecule has 0 saturated carbocycles. The number of fused-ring (bicyclic) bond motifs is 1. The first kappa shape index (κ1) is 24.0.